The molecule has 0 heterocycles. The largest absolute Gasteiger partial charge is 0.365 e. The molecule has 0 aliphatic rings. The van der Waals surface area contributed by atoms with E-state index >= 15 is 0 Å². The predicted molar refractivity (Wildman–Crippen MR) is 99.9 cm³/mol. The zero-order valence-electron chi connectivity index (χ0n) is 13.8. The Kier molecular flexibility index (Phi) is 5.83. The zero-order chi connectivity index (χ0) is 16.9. The average Bonchev–Trinajstić information content (AvgIpc) is 2.54. The fraction of sp³-hybridized carbons (Fsp3) is 0.316. The number of hydrogen-bond donors (Lipinski definition) is 1. The smallest absolute Gasteiger partial charge is 0.239 e. The molecule has 0 atom stereocenters. The van der Waals surface area contributed by atoms with Crippen molar-refractivity contribution >= 4 is 27.5 Å². The van der Waals surface area contributed by atoms with Gasteiger partial charge in [0.15, 0.2) is 0 Å². The summed E-state index contributed by atoms with van der Waals surface area (Å²) in [6.45, 7) is 5.23. The second-order valence-electron chi connectivity index (χ2n) is 6.36. The van der Waals surface area contributed by atoms with E-state index in [1.165, 1.54) is 5.56 Å². The van der Waals surface area contributed by atoms with Crippen molar-refractivity contribution in [2.45, 2.75) is 19.3 Å². The van der Waals surface area contributed by atoms with Crippen molar-refractivity contribution < 1.29 is 4.79 Å². The number of nitrogens with one attached hydrogen (secondary N) is 1. The summed E-state index contributed by atoms with van der Waals surface area (Å²) in [6, 6.07) is 18.2. The highest BCUT2D eigenvalue weighted by atomic mass is 79.9. The Labute approximate surface area is 146 Å². The average molecular weight is 375 g/mol. The Morgan fingerprint density at radius 2 is 1.70 bits per heavy atom. The lowest BCUT2D eigenvalue weighted by Crippen LogP contribution is -2.41. The molecule has 23 heavy (non-hydrogen) atoms. The van der Waals surface area contributed by atoms with Crippen molar-refractivity contribution in [3.05, 3.63) is 64.6 Å². The summed E-state index contributed by atoms with van der Waals surface area (Å²) in [7, 11) is 1.93. The van der Waals surface area contributed by atoms with Crippen LogP contribution in [0, 0.1) is 0 Å². The number of carbonyl (C=O) groups excluding carboxylic acids is 1. The van der Waals surface area contributed by atoms with Crippen molar-refractivity contribution in [3.8, 4) is 0 Å². The number of benzene rings is 2. The van der Waals surface area contributed by atoms with Gasteiger partial charge in [0.1, 0.15) is 0 Å². The molecule has 2 aromatic carbocycles. The highest BCUT2D eigenvalue weighted by molar-refractivity contribution is 9.10. The summed E-state index contributed by atoms with van der Waals surface area (Å²) in [5, 5.41) is 3.04. The lowest BCUT2D eigenvalue weighted by Gasteiger charge is -2.26. The van der Waals surface area contributed by atoms with Gasteiger partial charge in [-0.1, -0.05) is 60.1 Å². The van der Waals surface area contributed by atoms with E-state index < -0.39 is 0 Å². The minimum absolute atomic E-state index is 0.0292. The summed E-state index contributed by atoms with van der Waals surface area (Å²) in [5.74, 6) is 0.0292. The standard InChI is InChI=1S/C19H23BrN2O/c1-19(2,15-9-11-16(20)12-10-15)14-21-18(23)13-22(3)17-7-5-4-6-8-17/h4-12H,13-14H2,1-3H3,(H,21,23). The molecule has 1 amide bonds. The molecule has 0 radical (unpaired) electrons. The van der Waals surface area contributed by atoms with Gasteiger partial charge in [0.2, 0.25) is 5.91 Å². The van der Waals surface area contributed by atoms with Crippen LogP contribution < -0.4 is 10.2 Å². The molecule has 2 aromatic rings. The van der Waals surface area contributed by atoms with Crippen molar-refractivity contribution in [1.82, 2.24) is 5.32 Å². The Bertz CT molecular complexity index is 638. The van der Waals surface area contributed by atoms with Gasteiger partial charge in [-0.2, -0.15) is 0 Å². The van der Waals surface area contributed by atoms with Crippen LogP contribution in [0.1, 0.15) is 19.4 Å². The minimum Gasteiger partial charge on any atom is -0.365 e. The third-order valence-electron chi connectivity index (χ3n) is 3.93. The van der Waals surface area contributed by atoms with Crippen LogP contribution in [0.2, 0.25) is 0 Å². The van der Waals surface area contributed by atoms with Gasteiger partial charge in [0, 0.05) is 29.2 Å². The molecule has 0 saturated carbocycles. The van der Waals surface area contributed by atoms with Crippen LogP contribution in [-0.4, -0.2) is 26.0 Å². The molecule has 0 aliphatic heterocycles. The number of amides is 1. The maximum Gasteiger partial charge on any atom is 0.239 e. The van der Waals surface area contributed by atoms with Crippen LogP contribution in [0.5, 0.6) is 0 Å². The van der Waals surface area contributed by atoms with Crippen LogP contribution in [0.3, 0.4) is 0 Å². The number of nitrogens with zero attached hydrogens (tertiary/aromatic N) is 1. The monoisotopic (exact) mass is 374 g/mol. The van der Waals surface area contributed by atoms with E-state index in [0.29, 0.717) is 13.1 Å². The first-order chi connectivity index (χ1) is 10.9. The lowest BCUT2D eigenvalue weighted by atomic mass is 9.84. The summed E-state index contributed by atoms with van der Waals surface area (Å²) in [6.07, 6.45) is 0. The molecule has 2 rings (SSSR count). The quantitative estimate of drug-likeness (QED) is 0.829. The zero-order valence-corrected chi connectivity index (χ0v) is 15.4. The van der Waals surface area contributed by atoms with Gasteiger partial charge < -0.3 is 10.2 Å². The van der Waals surface area contributed by atoms with Gasteiger partial charge in [-0.05, 0) is 29.8 Å². The highest BCUT2D eigenvalue weighted by Gasteiger charge is 2.21. The second-order valence-corrected chi connectivity index (χ2v) is 7.27. The van der Waals surface area contributed by atoms with Crippen LogP contribution >= 0.6 is 15.9 Å². The normalized spacial score (nSPS) is 11.1. The van der Waals surface area contributed by atoms with E-state index in [1.54, 1.807) is 0 Å². The van der Waals surface area contributed by atoms with Crippen molar-refractivity contribution in [2.24, 2.45) is 0 Å². The second kappa shape index (κ2) is 7.64. The maximum absolute atomic E-state index is 12.2. The van der Waals surface area contributed by atoms with E-state index in [0.717, 1.165) is 10.2 Å². The first-order valence-corrected chi connectivity index (χ1v) is 8.47. The topological polar surface area (TPSA) is 32.3 Å². The molecule has 0 aliphatic carbocycles. The van der Waals surface area contributed by atoms with E-state index in [2.05, 4.69) is 47.2 Å². The van der Waals surface area contributed by atoms with Crippen molar-refractivity contribution in [3.63, 3.8) is 0 Å². The van der Waals surface area contributed by atoms with Crippen LogP contribution in [0.15, 0.2) is 59.1 Å². The molecule has 0 aromatic heterocycles. The number of carbonyl (C=O) groups is 1. The Morgan fingerprint density at radius 3 is 2.30 bits per heavy atom. The Balaban J connectivity index is 1.89. The fourth-order valence-electron chi connectivity index (χ4n) is 2.37. The number of halogens is 1. The first kappa shape index (κ1) is 17.5. The summed E-state index contributed by atoms with van der Waals surface area (Å²) < 4.78 is 1.06. The van der Waals surface area contributed by atoms with E-state index in [4.69, 9.17) is 0 Å². The third kappa shape index (κ3) is 5.10. The van der Waals surface area contributed by atoms with Gasteiger partial charge in [0.25, 0.3) is 0 Å². The number of rotatable bonds is 6. The summed E-state index contributed by atoms with van der Waals surface area (Å²) in [4.78, 5) is 14.1. The lowest BCUT2D eigenvalue weighted by molar-refractivity contribution is -0.119. The molecule has 0 spiro atoms. The number of hydrogen-bond acceptors (Lipinski definition) is 2. The van der Waals surface area contributed by atoms with Gasteiger partial charge in [-0.15, -0.1) is 0 Å². The first-order valence-electron chi connectivity index (χ1n) is 7.67. The third-order valence-corrected chi connectivity index (χ3v) is 4.46. The maximum atomic E-state index is 12.2. The van der Waals surface area contributed by atoms with Gasteiger partial charge in [0.05, 0.1) is 6.54 Å². The van der Waals surface area contributed by atoms with Crippen molar-refractivity contribution in [2.75, 3.05) is 25.0 Å². The Morgan fingerprint density at radius 1 is 1.09 bits per heavy atom. The minimum atomic E-state index is -0.109. The molecule has 3 nitrogen and oxygen atoms in total. The van der Waals surface area contributed by atoms with Crippen LogP contribution in [0.4, 0.5) is 5.69 Å². The van der Waals surface area contributed by atoms with E-state index in [9.17, 15) is 4.79 Å². The SMILES string of the molecule is CN(CC(=O)NCC(C)(C)c1ccc(Br)cc1)c1ccccc1. The van der Waals surface area contributed by atoms with Gasteiger partial charge >= 0.3 is 0 Å². The molecular weight excluding hydrogens is 352 g/mol. The number of para-hydroxylation sites is 1. The van der Waals surface area contributed by atoms with E-state index in [-0.39, 0.29) is 11.3 Å². The molecule has 0 fully saturated rings. The summed E-state index contributed by atoms with van der Waals surface area (Å²) >= 11 is 3.45. The molecule has 0 saturated heterocycles. The fourth-order valence-corrected chi connectivity index (χ4v) is 2.63. The van der Waals surface area contributed by atoms with Gasteiger partial charge in [-0.25, -0.2) is 0 Å². The van der Waals surface area contributed by atoms with E-state index in [1.807, 2.05) is 54.4 Å². The Hall–Kier alpha value is -1.81. The predicted octanol–water partition coefficient (Wildman–Crippen LogP) is 3.98. The molecule has 0 unspecified atom stereocenters. The number of anilines is 1. The van der Waals surface area contributed by atoms with Crippen molar-refractivity contribution in [1.29, 1.82) is 0 Å². The molecule has 0 bridgehead atoms. The van der Waals surface area contributed by atoms with Gasteiger partial charge in [-0.3, -0.25) is 4.79 Å². The van der Waals surface area contributed by atoms with Crippen LogP contribution in [0.25, 0.3) is 0 Å². The van der Waals surface area contributed by atoms with Crippen LogP contribution in [-0.2, 0) is 10.2 Å². The molecule has 4 heteroatoms. The molecule has 122 valence electrons. The number of likely N-dealkylation sites (N-methyl/N-ethyl adjacent to an activating group) is 1. The molecule has 1 N–H and O–H groups in total. The summed E-state index contributed by atoms with van der Waals surface area (Å²) in [5.41, 5.74) is 2.13. The highest BCUT2D eigenvalue weighted by Crippen LogP contribution is 2.24. The molecular formula is C19H23BrN2O.